The lowest BCUT2D eigenvalue weighted by molar-refractivity contribution is -0.121. The van der Waals surface area contributed by atoms with Crippen LogP contribution in [-0.4, -0.2) is 30.0 Å². The van der Waals surface area contributed by atoms with Crippen LogP contribution in [0.25, 0.3) is 10.8 Å². The van der Waals surface area contributed by atoms with E-state index in [0.29, 0.717) is 11.8 Å². The summed E-state index contributed by atoms with van der Waals surface area (Å²) in [6, 6.07) is 4.18. The lowest BCUT2D eigenvalue weighted by Gasteiger charge is -2.30. The van der Waals surface area contributed by atoms with Crippen LogP contribution in [0.1, 0.15) is 24.8 Å². The van der Waals surface area contributed by atoms with Gasteiger partial charge in [0.2, 0.25) is 11.8 Å². The lowest BCUT2D eigenvalue weighted by atomic mass is 9.95. The molecular weight excluding hydrogens is 369 g/mol. The van der Waals surface area contributed by atoms with Gasteiger partial charge in [-0.25, -0.2) is 4.98 Å². The van der Waals surface area contributed by atoms with Gasteiger partial charge < -0.3 is 15.1 Å². The number of carbonyl (C=O) groups is 1. The summed E-state index contributed by atoms with van der Waals surface area (Å²) in [7, 11) is 0. The second-order valence-electron chi connectivity index (χ2n) is 5.82. The number of rotatable bonds is 4. The summed E-state index contributed by atoms with van der Waals surface area (Å²) in [5.41, 5.74) is 0.725. The molecule has 2 N–H and O–H groups in total. The number of aromatic nitrogens is 1. The molecule has 0 radical (unpaired) electrons. The van der Waals surface area contributed by atoms with E-state index in [1.54, 1.807) is 11.3 Å². The molecule has 0 aromatic carbocycles. The zero-order chi connectivity index (χ0) is 15.5. The number of hydrogen-bond acceptors (Lipinski definition) is 5. The maximum Gasteiger partial charge on any atom is 0.236 e. The Kier molecular flexibility index (Phi) is 8.22. The Balaban J connectivity index is 0.00000144. The molecular formula is C16H23Cl2N3O2S. The summed E-state index contributed by atoms with van der Waals surface area (Å²) >= 11 is 1.58. The minimum Gasteiger partial charge on any atom is -0.440 e. The molecule has 1 aliphatic rings. The molecule has 2 atom stereocenters. The summed E-state index contributed by atoms with van der Waals surface area (Å²) in [5.74, 6) is 1.80. The first-order valence-corrected chi connectivity index (χ1v) is 8.51. The van der Waals surface area contributed by atoms with Crippen LogP contribution in [0.15, 0.2) is 21.9 Å². The molecule has 8 heteroatoms. The van der Waals surface area contributed by atoms with Crippen molar-refractivity contribution in [1.29, 1.82) is 0 Å². The van der Waals surface area contributed by atoms with Gasteiger partial charge in [0.15, 0.2) is 0 Å². The molecule has 24 heavy (non-hydrogen) atoms. The third-order valence-corrected chi connectivity index (χ3v) is 4.94. The fourth-order valence-corrected chi connectivity index (χ4v) is 3.39. The molecule has 0 aliphatic carbocycles. The second kappa shape index (κ2) is 9.42. The maximum atomic E-state index is 12.3. The third kappa shape index (κ3) is 4.96. The first kappa shape index (κ1) is 21.0. The molecule has 1 fully saturated rings. The number of nitrogens with zero attached hydrogens (tertiary/aromatic N) is 1. The Bertz CT molecular complexity index is 646. The van der Waals surface area contributed by atoms with Gasteiger partial charge in [0.25, 0.3) is 0 Å². The zero-order valence-corrected chi connectivity index (χ0v) is 16.2. The van der Waals surface area contributed by atoms with Crippen LogP contribution in [0, 0.1) is 12.8 Å². The van der Waals surface area contributed by atoms with Gasteiger partial charge in [0.1, 0.15) is 5.76 Å². The predicted octanol–water partition coefficient (Wildman–Crippen LogP) is 3.21. The lowest BCUT2D eigenvalue weighted by Crippen LogP contribution is -2.48. The minimum atomic E-state index is 0. The van der Waals surface area contributed by atoms with E-state index in [0.717, 1.165) is 35.8 Å². The second-order valence-corrected chi connectivity index (χ2v) is 6.77. The van der Waals surface area contributed by atoms with Crippen molar-refractivity contribution in [2.24, 2.45) is 5.92 Å². The van der Waals surface area contributed by atoms with Crippen molar-refractivity contribution in [2.75, 3.05) is 13.1 Å². The van der Waals surface area contributed by atoms with Crippen LogP contribution in [-0.2, 0) is 11.2 Å². The number of aryl methyl sites for hydroxylation is 1. The van der Waals surface area contributed by atoms with Gasteiger partial charge in [0.05, 0.1) is 17.0 Å². The van der Waals surface area contributed by atoms with Gasteiger partial charge >= 0.3 is 0 Å². The standard InChI is InChI=1S/C16H21N3O2S.2ClH/c1-10-9-17-6-5-12(10)18-15(20)8-13-11(2)21-16(19-13)14-4-3-7-22-14;;/h3-4,7,10,12,17H,5-6,8-9H2,1-2H3,(H,18,20);2*1H. The molecule has 2 aromatic rings. The highest BCUT2D eigenvalue weighted by Gasteiger charge is 2.23. The largest absolute Gasteiger partial charge is 0.440 e. The third-order valence-electron chi connectivity index (χ3n) is 4.08. The van der Waals surface area contributed by atoms with Crippen LogP contribution in [0.2, 0.25) is 0 Å². The number of hydrogen-bond donors (Lipinski definition) is 2. The van der Waals surface area contributed by atoms with Crippen molar-refractivity contribution in [3.8, 4) is 10.8 Å². The Hall–Kier alpha value is -1.08. The van der Waals surface area contributed by atoms with Gasteiger partial charge in [-0.05, 0) is 43.8 Å². The van der Waals surface area contributed by atoms with E-state index in [1.165, 1.54) is 0 Å². The summed E-state index contributed by atoms with van der Waals surface area (Å²) in [6.45, 7) is 5.94. The van der Waals surface area contributed by atoms with Gasteiger partial charge in [0, 0.05) is 6.04 Å². The fourth-order valence-electron chi connectivity index (χ4n) is 2.74. The summed E-state index contributed by atoms with van der Waals surface area (Å²) in [5, 5.41) is 8.45. The molecule has 1 saturated heterocycles. The SMILES string of the molecule is Cc1oc(-c2cccs2)nc1CC(=O)NC1CCNCC1C.Cl.Cl. The summed E-state index contributed by atoms with van der Waals surface area (Å²) in [6.07, 6.45) is 1.25. The Morgan fingerprint density at radius 1 is 1.50 bits per heavy atom. The van der Waals surface area contributed by atoms with E-state index in [-0.39, 0.29) is 43.2 Å². The number of amides is 1. The van der Waals surface area contributed by atoms with Crippen LogP contribution in [0.4, 0.5) is 0 Å². The normalized spacial score (nSPS) is 19.9. The van der Waals surface area contributed by atoms with Crippen molar-refractivity contribution in [2.45, 2.75) is 32.7 Å². The van der Waals surface area contributed by atoms with Crippen molar-refractivity contribution in [3.05, 3.63) is 29.0 Å². The zero-order valence-electron chi connectivity index (χ0n) is 13.7. The van der Waals surface area contributed by atoms with Crippen molar-refractivity contribution < 1.29 is 9.21 Å². The van der Waals surface area contributed by atoms with E-state index in [4.69, 9.17) is 4.42 Å². The topological polar surface area (TPSA) is 67.2 Å². The van der Waals surface area contributed by atoms with Crippen LogP contribution in [0.3, 0.4) is 0 Å². The van der Waals surface area contributed by atoms with Crippen molar-refractivity contribution in [1.82, 2.24) is 15.6 Å². The summed E-state index contributed by atoms with van der Waals surface area (Å²) < 4.78 is 5.68. The quantitative estimate of drug-likeness (QED) is 0.839. The molecule has 3 rings (SSSR count). The van der Waals surface area contributed by atoms with Gasteiger partial charge in [-0.15, -0.1) is 36.2 Å². The van der Waals surface area contributed by atoms with E-state index in [1.807, 2.05) is 24.4 Å². The molecule has 0 spiro atoms. The number of oxazole rings is 1. The minimum absolute atomic E-state index is 0. The number of thiophene rings is 1. The number of piperidine rings is 1. The van der Waals surface area contributed by atoms with Crippen LogP contribution >= 0.6 is 36.2 Å². The van der Waals surface area contributed by atoms with E-state index in [2.05, 4.69) is 22.5 Å². The van der Waals surface area contributed by atoms with Gasteiger partial charge in [-0.1, -0.05) is 13.0 Å². The predicted molar refractivity (Wildman–Crippen MR) is 101 cm³/mol. The average Bonchev–Trinajstić information content (AvgIpc) is 3.12. The van der Waals surface area contributed by atoms with E-state index in [9.17, 15) is 4.79 Å². The van der Waals surface area contributed by atoms with Crippen LogP contribution < -0.4 is 10.6 Å². The first-order chi connectivity index (χ1) is 10.6. The van der Waals surface area contributed by atoms with Gasteiger partial charge in [-0.2, -0.15) is 0 Å². The molecule has 2 aromatic heterocycles. The van der Waals surface area contributed by atoms with Crippen molar-refractivity contribution in [3.63, 3.8) is 0 Å². The molecule has 2 unspecified atom stereocenters. The highest BCUT2D eigenvalue weighted by Crippen LogP contribution is 2.26. The molecule has 1 aliphatic heterocycles. The molecule has 134 valence electrons. The molecule has 0 saturated carbocycles. The Morgan fingerprint density at radius 3 is 2.96 bits per heavy atom. The molecule has 3 heterocycles. The highest BCUT2D eigenvalue weighted by molar-refractivity contribution is 7.13. The van der Waals surface area contributed by atoms with Crippen molar-refractivity contribution >= 4 is 42.1 Å². The number of carbonyl (C=O) groups excluding carboxylic acids is 1. The molecule has 5 nitrogen and oxygen atoms in total. The van der Waals surface area contributed by atoms with E-state index >= 15 is 0 Å². The fraction of sp³-hybridized carbons (Fsp3) is 0.500. The molecule has 1 amide bonds. The monoisotopic (exact) mass is 391 g/mol. The van der Waals surface area contributed by atoms with Gasteiger partial charge in [-0.3, -0.25) is 4.79 Å². The number of halogens is 2. The Labute approximate surface area is 158 Å². The number of nitrogens with one attached hydrogen (secondary N) is 2. The molecule has 0 bridgehead atoms. The first-order valence-electron chi connectivity index (χ1n) is 7.63. The Morgan fingerprint density at radius 2 is 2.29 bits per heavy atom. The average molecular weight is 392 g/mol. The smallest absolute Gasteiger partial charge is 0.236 e. The highest BCUT2D eigenvalue weighted by atomic mass is 35.5. The van der Waals surface area contributed by atoms with E-state index < -0.39 is 0 Å². The van der Waals surface area contributed by atoms with Crippen LogP contribution in [0.5, 0.6) is 0 Å². The maximum absolute atomic E-state index is 12.3. The summed E-state index contributed by atoms with van der Waals surface area (Å²) in [4.78, 5) is 17.7.